The van der Waals surface area contributed by atoms with Gasteiger partial charge in [-0.1, -0.05) is 18.6 Å². The fourth-order valence-electron chi connectivity index (χ4n) is 1.72. The zero-order valence-electron chi connectivity index (χ0n) is 8.66. The molecule has 2 amide bonds. The predicted octanol–water partition coefficient (Wildman–Crippen LogP) is 1.63. The molecule has 0 fully saturated rings. The minimum Gasteiger partial charge on any atom is -0.350 e. The highest BCUT2D eigenvalue weighted by Gasteiger charge is 2.18. The van der Waals surface area contributed by atoms with Gasteiger partial charge in [0.25, 0.3) is 0 Å². The molecule has 0 spiro atoms. The number of rotatable bonds is 2. The second-order valence-electron chi connectivity index (χ2n) is 3.89. The third kappa shape index (κ3) is 3.20. The Balaban J connectivity index is 2.45. The van der Waals surface area contributed by atoms with Crippen molar-refractivity contribution in [3.8, 4) is 0 Å². The molecule has 3 N–H and O–H groups in total. The fourth-order valence-corrected chi connectivity index (χ4v) is 1.72. The minimum atomic E-state index is -0.614. The van der Waals surface area contributed by atoms with E-state index >= 15 is 0 Å². The van der Waals surface area contributed by atoms with Gasteiger partial charge < -0.3 is 5.73 Å². The number of hydrogen-bond acceptors (Lipinski definition) is 2. The first kappa shape index (κ1) is 10.8. The average Bonchev–Trinajstić information content (AvgIpc) is 2.08. The van der Waals surface area contributed by atoms with Gasteiger partial charge in [-0.25, -0.2) is 10.2 Å². The zero-order chi connectivity index (χ0) is 10.6. The van der Waals surface area contributed by atoms with Crippen LogP contribution in [0.2, 0.25) is 0 Å². The molecule has 2 atom stereocenters. The predicted molar refractivity (Wildman–Crippen MR) is 56.9 cm³/mol. The Labute approximate surface area is 84.2 Å². The standard InChI is InChI=1S/C10H17N3O/c1-7-3-4-9(8(2)5-7)6-12-13-10(11)14/h3,6,8-9H,4-5H2,1-2H3,(H3,11,13,14)/b12-6+. The molecular weight excluding hydrogens is 178 g/mol. The number of nitrogens with one attached hydrogen (secondary N) is 1. The van der Waals surface area contributed by atoms with Crippen molar-refractivity contribution >= 4 is 12.2 Å². The van der Waals surface area contributed by atoms with Gasteiger partial charge in [-0.3, -0.25) is 0 Å². The van der Waals surface area contributed by atoms with E-state index in [0.717, 1.165) is 12.8 Å². The molecular formula is C10H17N3O. The summed E-state index contributed by atoms with van der Waals surface area (Å²) < 4.78 is 0. The molecule has 0 aromatic heterocycles. The van der Waals surface area contributed by atoms with Crippen LogP contribution < -0.4 is 11.2 Å². The summed E-state index contributed by atoms with van der Waals surface area (Å²) in [4.78, 5) is 10.4. The van der Waals surface area contributed by atoms with Crippen molar-refractivity contribution in [2.45, 2.75) is 26.7 Å². The van der Waals surface area contributed by atoms with E-state index in [-0.39, 0.29) is 0 Å². The Morgan fingerprint density at radius 3 is 3.07 bits per heavy atom. The summed E-state index contributed by atoms with van der Waals surface area (Å²) in [5, 5.41) is 3.79. The largest absolute Gasteiger partial charge is 0.350 e. The maximum absolute atomic E-state index is 10.4. The molecule has 0 radical (unpaired) electrons. The number of hydrogen-bond donors (Lipinski definition) is 2. The van der Waals surface area contributed by atoms with Crippen molar-refractivity contribution in [1.82, 2.24) is 5.43 Å². The topological polar surface area (TPSA) is 67.5 Å². The molecule has 1 rings (SSSR count). The first-order chi connectivity index (χ1) is 6.59. The van der Waals surface area contributed by atoms with Crippen LogP contribution in [-0.4, -0.2) is 12.2 Å². The molecule has 0 aromatic carbocycles. The van der Waals surface area contributed by atoms with Crippen LogP contribution in [0.15, 0.2) is 16.8 Å². The van der Waals surface area contributed by atoms with Gasteiger partial charge in [-0.2, -0.15) is 5.10 Å². The van der Waals surface area contributed by atoms with Crippen LogP contribution in [0.25, 0.3) is 0 Å². The van der Waals surface area contributed by atoms with Gasteiger partial charge in [0.2, 0.25) is 0 Å². The second kappa shape index (κ2) is 4.79. The summed E-state index contributed by atoms with van der Waals surface area (Å²) in [5.74, 6) is 0.990. The Bertz CT molecular complexity index is 271. The highest BCUT2D eigenvalue weighted by Crippen LogP contribution is 2.27. The molecule has 2 unspecified atom stereocenters. The van der Waals surface area contributed by atoms with E-state index in [9.17, 15) is 4.79 Å². The van der Waals surface area contributed by atoms with Crippen LogP contribution in [0.1, 0.15) is 26.7 Å². The molecule has 1 aliphatic carbocycles. The molecule has 4 heteroatoms. The van der Waals surface area contributed by atoms with Gasteiger partial charge >= 0.3 is 6.03 Å². The van der Waals surface area contributed by atoms with Crippen molar-refractivity contribution in [2.75, 3.05) is 0 Å². The van der Waals surface area contributed by atoms with E-state index in [1.165, 1.54) is 5.57 Å². The Morgan fingerprint density at radius 2 is 2.50 bits per heavy atom. The lowest BCUT2D eigenvalue weighted by atomic mass is 9.82. The van der Waals surface area contributed by atoms with Crippen molar-refractivity contribution in [2.24, 2.45) is 22.7 Å². The molecule has 0 heterocycles. The Kier molecular flexibility index (Phi) is 3.68. The van der Waals surface area contributed by atoms with Crippen molar-refractivity contribution in [3.05, 3.63) is 11.6 Å². The van der Waals surface area contributed by atoms with E-state index in [2.05, 4.69) is 30.5 Å². The van der Waals surface area contributed by atoms with Gasteiger partial charge in [0.05, 0.1) is 0 Å². The lowest BCUT2D eigenvalue weighted by Crippen LogP contribution is -2.26. The quantitative estimate of drug-likeness (QED) is 0.392. The van der Waals surface area contributed by atoms with Crippen molar-refractivity contribution in [1.29, 1.82) is 0 Å². The summed E-state index contributed by atoms with van der Waals surface area (Å²) in [7, 11) is 0. The van der Waals surface area contributed by atoms with Crippen LogP contribution in [-0.2, 0) is 0 Å². The molecule has 78 valence electrons. The molecule has 4 nitrogen and oxygen atoms in total. The number of amides is 2. The van der Waals surface area contributed by atoms with Gasteiger partial charge in [0, 0.05) is 12.1 Å². The average molecular weight is 195 g/mol. The zero-order valence-corrected chi connectivity index (χ0v) is 8.66. The number of urea groups is 1. The maximum atomic E-state index is 10.4. The number of carbonyl (C=O) groups is 1. The van der Waals surface area contributed by atoms with E-state index in [1.54, 1.807) is 6.21 Å². The number of nitrogens with zero attached hydrogens (tertiary/aromatic N) is 1. The molecule has 0 saturated heterocycles. The minimum absolute atomic E-state index is 0.408. The molecule has 0 aromatic rings. The SMILES string of the molecule is CC1=CCC(/C=N/NC(N)=O)C(C)C1. The first-order valence-electron chi connectivity index (χ1n) is 4.84. The number of nitrogens with two attached hydrogens (primary N) is 1. The summed E-state index contributed by atoms with van der Waals surface area (Å²) in [6.45, 7) is 4.34. The van der Waals surface area contributed by atoms with E-state index in [1.807, 2.05) is 0 Å². The van der Waals surface area contributed by atoms with Crippen LogP contribution in [0.3, 0.4) is 0 Å². The number of allylic oxidation sites excluding steroid dienone is 2. The Hall–Kier alpha value is -1.32. The van der Waals surface area contributed by atoms with E-state index < -0.39 is 6.03 Å². The molecule has 14 heavy (non-hydrogen) atoms. The summed E-state index contributed by atoms with van der Waals surface area (Å²) in [5.41, 5.74) is 8.54. The van der Waals surface area contributed by atoms with Crippen molar-refractivity contribution in [3.63, 3.8) is 0 Å². The Morgan fingerprint density at radius 1 is 1.79 bits per heavy atom. The summed E-state index contributed by atoms with van der Waals surface area (Å²) >= 11 is 0. The highest BCUT2D eigenvalue weighted by molar-refractivity contribution is 5.73. The number of carbonyl (C=O) groups excluding carboxylic acids is 1. The van der Waals surface area contributed by atoms with Gasteiger partial charge in [-0.15, -0.1) is 0 Å². The van der Waals surface area contributed by atoms with Gasteiger partial charge in [0.1, 0.15) is 0 Å². The van der Waals surface area contributed by atoms with Crippen molar-refractivity contribution < 1.29 is 4.79 Å². The molecule has 0 aliphatic heterocycles. The number of primary amides is 1. The van der Waals surface area contributed by atoms with Gasteiger partial charge in [0.15, 0.2) is 0 Å². The molecule has 1 aliphatic rings. The monoisotopic (exact) mass is 195 g/mol. The lowest BCUT2D eigenvalue weighted by molar-refractivity contribution is 0.249. The third-order valence-corrected chi connectivity index (χ3v) is 2.55. The summed E-state index contributed by atoms with van der Waals surface area (Å²) in [6.07, 6.45) is 6.10. The fraction of sp³-hybridized carbons (Fsp3) is 0.600. The van der Waals surface area contributed by atoms with Crippen LogP contribution >= 0.6 is 0 Å². The first-order valence-corrected chi connectivity index (χ1v) is 4.84. The third-order valence-electron chi connectivity index (χ3n) is 2.55. The van der Waals surface area contributed by atoms with Crippen LogP contribution in [0.4, 0.5) is 4.79 Å². The lowest BCUT2D eigenvalue weighted by Gasteiger charge is -2.24. The molecule has 0 bridgehead atoms. The smallest absolute Gasteiger partial charge is 0.332 e. The van der Waals surface area contributed by atoms with E-state index in [0.29, 0.717) is 11.8 Å². The highest BCUT2D eigenvalue weighted by atomic mass is 16.2. The van der Waals surface area contributed by atoms with Gasteiger partial charge in [-0.05, 0) is 25.7 Å². The van der Waals surface area contributed by atoms with E-state index in [4.69, 9.17) is 5.73 Å². The molecule has 0 saturated carbocycles. The van der Waals surface area contributed by atoms with Crippen LogP contribution in [0, 0.1) is 11.8 Å². The van der Waals surface area contributed by atoms with Crippen LogP contribution in [0.5, 0.6) is 0 Å². The number of hydrazone groups is 1. The summed E-state index contributed by atoms with van der Waals surface area (Å²) in [6, 6.07) is -0.614. The maximum Gasteiger partial charge on any atom is 0.332 e. The normalized spacial score (nSPS) is 27.4. The second-order valence-corrected chi connectivity index (χ2v) is 3.89.